The SMILES string of the molecule is Cc1cccc(C)c1CNC1CC(CF)C1. The zero-order valence-electron chi connectivity index (χ0n) is 10.1. The minimum absolute atomic E-state index is 0.151. The molecular formula is C14H20FN. The van der Waals surface area contributed by atoms with E-state index in [1.54, 1.807) is 0 Å². The van der Waals surface area contributed by atoms with Crippen molar-refractivity contribution in [2.24, 2.45) is 5.92 Å². The fraction of sp³-hybridized carbons (Fsp3) is 0.571. The highest BCUT2D eigenvalue weighted by molar-refractivity contribution is 5.33. The van der Waals surface area contributed by atoms with Crippen LogP contribution in [0.25, 0.3) is 0 Å². The largest absolute Gasteiger partial charge is 0.310 e. The van der Waals surface area contributed by atoms with Gasteiger partial charge >= 0.3 is 0 Å². The fourth-order valence-corrected chi connectivity index (χ4v) is 2.40. The lowest BCUT2D eigenvalue weighted by Crippen LogP contribution is -2.41. The van der Waals surface area contributed by atoms with E-state index in [1.165, 1.54) is 16.7 Å². The van der Waals surface area contributed by atoms with Crippen LogP contribution in [-0.4, -0.2) is 12.7 Å². The molecule has 1 aliphatic carbocycles. The Labute approximate surface area is 97.1 Å². The van der Waals surface area contributed by atoms with E-state index in [4.69, 9.17) is 0 Å². The monoisotopic (exact) mass is 221 g/mol. The first-order chi connectivity index (χ1) is 7.70. The van der Waals surface area contributed by atoms with Gasteiger partial charge in [-0.3, -0.25) is 4.39 Å². The molecule has 1 saturated carbocycles. The van der Waals surface area contributed by atoms with E-state index in [1.807, 2.05) is 0 Å². The van der Waals surface area contributed by atoms with Crippen LogP contribution in [0.5, 0.6) is 0 Å². The standard InChI is InChI=1S/C14H20FN/c1-10-4-3-5-11(2)14(10)9-16-13-6-12(7-13)8-15/h3-5,12-13,16H,6-9H2,1-2H3. The Morgan fingerprint density at radius 2 is 1.88 bits per heavy atom. The van der Waals surface area contributed by atoms with Crippen LogP contribution in [0.1, 0.15) is 29.5 Å². The summed E-state index contributed by atoms with van der Waals surface area (Å²) in [6.45, 7) is 5.06. The molecule has 1 aromatic rings. The summed E-state index contributed by atoms with van der Waals surface area (Å²) in [7, 11) is 0. The number of halogens is 1. The van der Waals surface area contributed by atoms with Gasteiger partial charge in [-0.15, -0.1) is 0 Å². The molecule has 0 aromatic heterocycles. The summed E-state index contributed by atoms with van der Waals surface area (Å²) in [5.41, 5.74) is 4.08. The Hall–Kier alpha value is -0.890. The molecule has 0 bridgehead atoms. The highest BCUT2D eigenvalue weighted by Gasteiger charge is 2.28. The van der Waals surface area contributed by atoms with Crippen LogP contribution in [0.4, 0.5) is 4.39 Å². The Bertz CT molecular complexity index is 336. The van der Waals surface area contributed by atoms with Gasteiger partial charge in [0.05, 0.1) is 6.67 Å². The number of hydrogen-bond donors (Lipinski definition) is 1. The zero-order valence-corrected chi connectivity index (χ0v) is 10.1. The topological polar surface area (TPSA) is 12.0 Å². The van der Waals surface area contributed by atoms with Gasteiger partial charge in [0.1, 0.15) is 0 Å². The van der Waals surface area contributed by atoms with E-state index >= 15 is 0 Å². The zero-order chi connectivity index (χ0) is 11.5. The van der Waals surface area contributed by atoms with Crippen LogP contribution < -0.4 is 5.32 Å². The van der Waals surface area contributed by atoms with Gasteiger partial charge in [0.25, 0.3) is 0 Å². The molecule has 0 unspecified atom stereocenters. The Balaban J connectivity index is 1.86. The van der Waals surface area contributed by atoms with E-state index < -0.39 is 0 Å². The number of hydrogen-bond acceptors (Lipinski definition) is 1. The van der Waals surface area contributed by atoms with Crippen molar-refractivity contribution in [2.45, 2.75) is 39.3 Å². The third-order valence-corrected chi connectivity index (χ3v) is 3.67. The van der Waals surface area contributed by atoms with Crippen molar-refractivity contribution in [1.29, 1.82) is 0 Å². The van der Waals surface area contributed by atoms with E-state index in [2.05, 4.69) is 37.4 Å². The average molecular weight is 221 g/mol. The van der Waals surface area contributed by atoms with Crippen LogP contribution >= 0.6 is 0 Å². The van der Waals surface area contributed by atoms with E-state index in [-0.39, 0.29) is 6.67 Å². The van der Waals surface area contributed by atoms with Crippen LogP contribution in [-0.2, 0) is 6.54 Å². The van der Waals surface area contributed by atoms with Crippen molar-refractivity contribution in [3.05, 3.63) is 34.9 Å². The molecular weight excluding hydrogens is 201 g/mol. The predicted molar refractivity (Wildman–Crippen MR) is 65.2 cm³/mol. The summed E-state index contributed by atoms with van der Waals surface area (Å²) in [6.07, 6.45) is 2.00. The third-order valence-electron chi connectivity index (χ3n) is 3.67. The summed E-state index contributed by atoms with van der Waals surface area (Å²) in [5.74, 6) is 0.315. The maximum absolute atomic E-state index is 12.3. The number of nitrogens with one attached hydrogen (secondary N) is 1. The molecule has 1 aromatic carbocycles. The van der Waals surface area contributed by atoms with Gasteiger partial charge < -0.3 is 5.32 Å². The lowest BCUT2D eigenvalue weighted by molar-refractivity contribution is 0.180. The van der Waals surface area contributed by atoms with Crippen molar-refractivity contribution >= 4 is 0 Å². The summed E-state index contributed by atoms with van der Waals surface area (Å²) in [4.78, 5) is 0. The predicted octanol–water partition coefficient (Wildman–Crippen LogP) is 3.14. The Morgan fingerprint density at radius 3 is 2.44 bits per heavy atom. The van der Waals surface area contributed by atoms with Crippen LogP contribution in [0.3, 0.4) is 0 Å². The van der Waals surface area contributed by atoms with Gasteiger partial charge in [0, 0.05) is 12.6 Å². The van der Waals surface area contributed by atoms with Crippen molar-refractivity contribution < 1.29 is 4.39 Å². The van der Waals surface area contributed by atoms with Crippen molar-refractivity contribution in [2.75, 3.05) is 6.67 Å². The Morgan fingerprint density at radius 1 is 1.25 bits per heavy atom. The molecule has 0 saturated heterocycles. The van der Waals surface area contributed by atoms with Crippen LogP contribution in [0, 0.1) is 19.8 Å². The van der Waals surface area contributed by atoms with Gasteiger partial charge in [0.2, 0.25) is 0 Å². The first-order valence-corrected chi connectivity index (χ1v) is 6.05. The van der Waals surface area contributed by atoms with Crippen LogP contribution in [0.15, 0.2) is 18.2 Å². The number of aryl methyl sites for hydroxylation is 2. The molecule has 1 aliphatic rings. The molecule has 1 fully saturated rings. The fourth-order valence-electron chi connectivity index (χ4n) is 2.40. The van der Waals surface area contributed by atoms with Crippen LogP contribution in [0.2, 0.25) is 0 Å². The quantitative estimate of drug-likeness (QED) is 0.823. The van der Waals surface area contributed by atoms with Gasteiger partial charge in [-0.1, -0.05) is 18.2 Å². The summed E-state index contributed by atoms with van der Waals surface area (Å²) in [6, 6.07) is 6.92. The molecule has 88 valence electrons. The molecule has 0 heterocycles. The Kier molecular flexibility index (Phi) is 3.59. The third kappa shape index (κ3) is 2.43. The number of benzene rings is 1. The van der Waals surface area contributed by atoms with Gasteiger partial charge in [-0.05, 0) is 49.3 Å². The molecule has 2 heteroatoms. The molecule has 1 nitrogen and oxygen atoms in total. The molecule has 2 rings (SSSR count). The maximum Gasteiger partial charge on any atom is 0.0923 e. The van der Waals surface area contributed by atoms with E-state index in [0.29, 0.717) is 12.0 Å². The highest BCUT2D eigenvalue weighted by Crippen LogP contribution is 2.28. The maximum atomic E-state index is 12.3. The van der Waals surface area contributed by atoms with Crippen molar-refractivity contribution in [3.8, 4) is 0 Å². The molecule has 0 aliphatic heterocycles. The van der Waals surface area contributed by atoms with Crippen molar-refractivity contribution in [3.63, 3.8) is 0 Å². The second-order valence-electron chi connectivity index (χ2n) is 4.94. The molecule has 16 heavy (non-hydrogen) atoms. The highest BCUT2D eigenvalue weighted by atomic mass is 19.1. The smallest absolute Gasteiger partial charge is 0.0923 e. The normalized spacial score (nSPS) is 24.2. The lowest BCUT2D eigenvalue weighted by atomic mass is 9.81. The van der Waals surface area contributed by atoms with Crippen molar-refractivity contribution in [1.82, 2.24) is 5.32 Å². The van der Waals surface area contributed by atoms with E-state index in [0.717, 1.165) is 19.4 Å². The second-order valence-corrected chi connectivity index (χ2v) is 4.94. The average Bonchev–Trinajstić information content (AvgIpc) is 2.19. The molecule has 0 amide bonds. The molecule has 1 N–H and O–H groups in total. The first-order valence-electron chi connectivity index (χ1n) is 6.05. The van der Waals surface area contributed by atoms with Gasteiger partial charge in [-0.25, -0.2) is 0 Å². The summed E-state index contributed by atoms with van der Waals surface area (Å²) < 4.78 is 12.3. The minimum atomic E-state index is -0.151. The van der Waals surface area contributed by atoms with E-state index in [9.17, 15) is 4.39 Å². The molecule has 0 spiro atoms. The van der Waals surface area contributed by atoms with Gasteiger partial charge in [0.15, 0.2) is 0 Å². The lowest BCUT2D eigenvalue weighted by Gasteiger charge is -2.34. The first kappa shape index (κ1) is 11.6. The van der Waals surface area contributed by atoms with Gasteiger partial charge in [-0.2, -0.15) is 0 Å². The summed E-state index contributed by atoms with van der Waals surface area (Å²) in [5, 5.41) is 3.51. The summed E-state index contributed by atoms with van der Waals surface area (Å²) >= 11 is 0. The molecule has 0 atom stereocenters. The molecule has 0 radical (unpaired) electrons. The second kappa shape index (κ2) is 4.96. The minimum Gasteiger partial charge on any atom is -0.310 e. The number of alkyl halides is 1. The number of rotatable bonds is 4.